The van der Waals surface area contributed by atoms with Crippen LogP contribution in [0.4, 0.5) is 5.69 Å². The molecular weight excluding hydrogens is 400 g/mol. The van der Waals surface area contributed by atoms with Crippen LogP contribution in [0.25, 0.3) is 10.9 Å². The highest BCUT2D eigenvalue weighted by Gasteiger charge is 2.21. The molecule has 0 bridgehead atoms. The summed E-state index contributed by atoms with van der Waals surface area (Å²) in [5, 5.41) is 3.01. The van der Waals surface area contributed by atoms with E-state index in [2.05, 4.69) is 10.3 Å². The highest BCUT2D eigenvalue weighted by Crippen LogP contribution is 2.22. The van der Waals surface area contributed by atoms with Gasteiger partial charge in [-0.15, -0.1) is 0 Å². The first-order valence-corrected chi connectivity index (χ1v) is 9.82. The number of aryl methyl sites for hydroxylation is 1. The van der Waals surface area contributed by atoms with Gasteiger partial charge in [-0.3, -0.25) is 23.9 Å². The second kappa shape index (κ2) is 9.29. The Balaban J connectivity index is 1.93. The van der Waals surface area contributed by atoms with Crippen molar-refractivity contribution in [2.24, 2.45) is 7.05 Å². The number of esters is 1. The Morgan fingerprint density at radius 2 is 1.87 bits per heavy atom. The number of hydrogen-bond acceptors (Lipinski definition) is 6. The quantitative estimate of drug-likeness (QED) is 0.385. The molecule has 0 fully saturated rings. The van der Waals surface area contributed by atoms with Gasteiger partial charge in [0.25, 0.3) is 5.56 Å². The van der Waals surface area contributed by atoms with Crippen molar-refractivity contribution in [1.29, 1.82) is 0 Å². The first-order chi connectivity index (χ1) is 14.8. The molecule has 162 valence electrons. The minimum atomic E-state index is -0.612. The first kappa shape index (κ1) is 21.8. The number of carbonyl (C=O) groups excluding carboxylic acids is 2. The standard InChI is InChI=1S/C22H24N4O5/c1-3-31-19(28)12-16(13-7-5-4-6-8-13)24-18(27)11-14-15(23)9-10-17-20(14)21(29)25-22(30)26(17)2/h4-10,16H,3,11-12,23H2,1-2H3,(H,24,27)(H,25,29,30)/t16-/m1/s1. The molecule has 9 heteroatoms. The van der Waals surface area contributed by atoms with Crippen LogP contribution >= 0.6 is 0 Å². The van der Waals surface area contributed by atoms with Gasteiger partial charge < -0.3 is 15.8 Å². The number of nitrogens with zero attached hydrogens (tertiary/aromatic N) is 1. The summed E-state index contributed by atoms with van der Waals surface area (Å²) in [7, 11) is 1.52. The van der Waals surface area contributed by atoms with Crippen molar-refractivity contribution < 1.29 is 14.3 Å². The minimum Gasteiger partial charge on any atom is -0.466 e. The largest absolute Gasteiger partial charge is 0.466 e. The normalized spacial score (nSPS) is 11.8. The molecule has 0 radical (unpaired) electrons. The predicted octanol–water partition coefficient (Wildman–Crippen LogP) is 1.16. The van der Waals surface area contributed by atoms with Crippen LogP contribution in [0.3, 0.4) is 0 Å². The molecule has 1 heterocycles. The van der Waals surface area contributed by atoms with Gasteiger partial charge in [-0.2, -0.15) is 0 Å². The molecule has 0 unspecified atom stereocenters. The fourth-order valence-electron chi connectivity index (χ4n) is 3.46. The molecule has 9 nitrogen and oxygen atoms in total. The van der Waals surface area contributed by atoms with Crippen molar-refractivity contribution in [3.05, 3.63) is 74.4 Å². The molecule has 0 aliphatic heterocycles. The maximum absolute atomic E-state index is 12.9. The van der Waals surface area contributed by atoms with Gasteiger partial charge in [0.2, 0.25) is 5.91 Å². The molecule has 0 aliphatic rings. The van der Waals surface area contributed by atoms with Gasteiger partial charge in [0.15, 0.2) is 0 Å². The van der Waals surface area contributed by atoms with Crippen LogP contribution in [-0.2, 0) is 27.8 Å². The number of aromatic nitrogens is 2. The molecule has 31 heavy (non-hydrogen) atoms. The molecular formula is C22H24N4O5. The number of ether oxygens (including phenoxy) is 1. The molecule has 0 saturated carbocycles. The summed E-state index contributed by atoms with van der Waals surface area (Å²) in [6.45, 7) is 1.95. The van der Waals surface area contributed by atoms with Crippen LogP contribution in [0.5, 0.6) is 0 Å². The number of nitrogens with two attached hydrogens (primary N) is 1. The van der Waals surface area contributed by atoms with E-state index in [0.717, 1.165) is 5.56 Å². The van der Waals surface area contributed by atoms with Crippen LogP contribution in [0.15, 0.2) is 52.1 Å². The van der Waals surface area contributed by atoms with Crippen molar-refractivity contribution >= 4 is 28.5 Å². The number of nitrogens with one attached hydrogen (secondary N) is 2. The Kier molecular flexibility index (Phi) is 6.54. The molecule has 1 aromatic heterocycles. The van der Waals surface area contributed by atoms with E-state index in [-0.39, 0.29) is 30.5 Å². The Hall–Kier alpha value is -3.88. The van der Waals surface area contributed by atoms with E-state index in [1.807, 2.05) is 18.2 Å². The summed E-state index contributed by atoms with van der Waals surface area (Å²) in [6, 6.07) is 11.6. The SMILES string of the molecule is CCOC(=O)C[C@@H](NC(=O)Cc1c(N)ccc2c1c(=O)[nH]c(=O)n2C)c1ccccc1. The van der Waals surface area contributed by atoms with E-state index in [4.69, 9.17) is 10.5 Å². The lowest BCUT2D eigenvalue weighted by atomic mass is 10.0. The molecule has 3 rings (SSSR count). The van der Waals surface area contributed by atoms with E-state index in [9.17, 15) is 19.2 Å². The number of carbonyl (C=O) groups is 2. The second-order valence-electron chi connectivity index (χ2n) is 7.06. The zero-order valence-corrected chi connectivity index (χ0v) is 17.3. The molecule has 0 spiro atoms. The third kappa shape index (κ3) is 4.82. The smallest absolute Gasteiger partial charge is 0.328 e. The Bertz CT molecular complexity index is 1230. The number of rotatable bonds is 7. The van der Waals surface area contributed by atoms with E-state index in [1.165, 1.54) is 11.6 Å². The zero-order valence-electron chi connectivity index (χ0n) is 17.3. The van der Waals surface area contributed by atoms with Crippen molar-refractivity contribution in [1.82, 2.24) is 14.9 Å². The lowest BCUT2D eigenvalue weighted by molar-refractivity contribution is -0.143. The van der Waals surface area contributed by atoms with Gasteiger partial charge in [0.1, 0.15) is 0 Å². The molecule has 0 saturated heterocycles. The minimum absolute atomic E-state index is 0.0380. The van der Waals surface area contributed by atoms with Crippen molar-refractivity contribution in [2.75, 3.05) is 12.3 Å². The summed E-state index contributed by atoms with van der Waals surface area (Å²) >= 11 is 0. The maximum Gasteiger partial charge on any atom is 0.328 e. The number of amides is 1. The predicted molar refractivity (Wildman–Crippen MR) is 117 cm³/mol. The lowest BCUT2D eigenvalue weighted by Gasteiger charge is -2.19. The average Bonchev–Trinajstić information content (AvgIpc) is 2.74. The summed E-state index contributed by atoms with van der Waals surface area (Å²) < 4.78 is 6.31. The number of fused-ring (bicyclic) bond motifs is 1. The number of H-pyrrole nitrogens is 1. The molecule has 2 aromatic carbocycles. The maximum atomic E-state index is 12.9. The van der Waals surface area contributed by atoms with E-state index >= 15 is 0 Å². The second-order valence-corrected chi connectivity index (χ2v) is 7.06. The van der Waals surface area contributed by atoms with Crippen LogP contribution in [-0.4, -0.2) is 28.0 Å². The van der Waals surface area contributed by atoms with Gasteiger partial charge in [0.05, 0.1) is 36.4 Å². The van der Waals surface area contributed by atoms with Crippen LogP contribution < -0.4 is 22.3 Å². The molecule has 4 N–H and O–H groups in total. The molecule has 1 amide bonds. The number of nitrogen functional groups attached to an aromatic ring is 1. The summed E-state index contributed by atoms with van der Waals surface area (Å²) in [4.78, 5) is 51.5. The summed E-state index contributed by atoms with van der Waals surface area (Å²) in [5.74, 6) is -0.863. The highest BCUT2D eigenvalue weighted by molar-refractivity contribution is 5.92. The van der Waals surface area contributed by atoms with E-state index < -0.39 is 29.2 Å². The van der Waals surface area contributed by atoms with Crippen LogP contribution in [0.2, 0.25) is 0 Å². The van der Waals surface area contributed by atoms with Crippen molar-refractivity contribution in [3.63, 3.8) is 0 Å². The van der Waals surface area contributed by atoms with Gasteiger partial charge in [-0.05, 0) is 30.2 Å². The van der Waals surface area contributed by atoms with Crippen molar-refractivity contribution in [3.8, 4) is 0 Å². The Morgan fingerprint density at radius 1 is 1.16 bits per heavy atom. The lowest BCUT2D eigenvalue weighted by Crippen LogP contribution is -2.33. The van der Waals surface area contributed by atoms with Gasteiger partial charge in [-0.25, -0.2) is 4.79 Å². The first-order valence-electron chi connectivity index (χ1n) is 9.82. The Labute approximate surface area is 177 Å². The van der Waals surface area contributed by atoms with Gasteiger partial charge in [0, 0.05) is 12.7 Å². The topological polar surface area (TPSA) is 136 Å². The molecule has 0 aliphatic carbocycles. The third-order valence-electron chi connectivity index (χ3n) is 4.99. The third-order valence-corrected chi connectivity index (χ3v) is 4.99. The van der Waals surface area contributed by atoms with Crippen molar-refractivity contribution in [2.45, 2.75) is 25.8 Å². The fraction of sp³-hybridized carbons (Fsp3) is 0.273. The molecule has 1 atom stereocenters. The number of aromatic amines is 1. The fourth-order valence-corrected chi connectivity index (χ4v) is 3.46. The van der Waals surface area contributed by atoms with E-state index in [1.54, 1.807) is 31.2 Å². The van der Waals surface area contributed by atoms with Crippen LogP contribution in [0, 0.1) is 0 Å². The van der Waals surface area contributed by atoms with Gasteiger partial charge in [-0.1, -0.05) is 30.3 Å². The highest BCUT2D eigenvalue weighted by atomic mass is 16.5. The number of hydrogen-bond donors (Lipinski definition) is 3. The number of anilines is 1. The average molecular weight is 424 g/mol. The molecule has 3 aromatic rings. The number of benzene rings is 2. The summed E-state index contributed by atoms with van der Waals surface area (Å²) in [5.41, 5.74) is 6.58. The van der Waals surface area contributed by atoms with Gasteiger partial charge >= 0.3 is 11.7 Å². The van der Waals surface area contributed by atoms with Crippen LogP contribution in [0.1, 0.15) is 30.5 Å². The monoisotopic (exact) mass is 424 g/mol. The zero-order chi connectivity index (χ0) is 22.5. The van der Waals surface area contributed by atoms with E-state index in [0.29, 0.717) is 11.1 Å². The summed E-state index contributed by atoms with van der Waals surface area (Å²) in [6.07, 6.45) is -0.236. The Morgan fingerprint density at radius 3 is 2.55 bits per heavy atom.